The van der Waals surface area contributed by atoms with E-state index < -0.39 is 0 Å². The number of pyridine rings is 1. The molecule has 154 valence electrons. The van der Waals surface area contributed by atoms with E-state index in [9.17, 15) is 9.18 Å². The maximum atomic E-state index is 14.1. The average Bonchev–Trinajstić information content (AvgIpc) is 3.24. The highest BCUT2D eigenvalue weighted by Crippen LogP contribution is 2.24. The van der Waals surface area contributed by atoms with Gasteiger partial charge in [-0.1, -0.05) is 6.07 Å². The maximum Gasteiger partial charge on any atom is 0.251 e. The van der Waals surface area contributed by atoms with Crippen LogP contribution in [-0.4, -0.2) is 49.3 Å². The molecule has 2 aliphatic heterocycles. The van der Waals surface area contributed by atoms with Crippen LogP contribution in [0.1, 0.15) is 35.2 Å². The van der Waals surface area contributed by atoms with Gasteiger partial charge in [0, 0.05) is 43.4 Å². The van der Waals surface area contributed by atoms with Crippen LogP contribution >= 0.6 is 0 Å². The van der Waals surface area contributed by atoms with Gasteiger partial charge in [0.15, 0.2) is 0 Å². The molecule has 2 saturated heterocycles. The van der Waals surface area contributed by atoms with Crippen LogP contribution < -0.4 is 15.0 Å². The summed E-state index contributed by atoms with van der Waals surface area (Å²) in [5, 5.41) is 3.09. The number of aromatic nitrogens is 1. The quantitative estimate of drug-likeness (QED) is 0.837. The van der Waals surface area contributed by atoms with Gasteiger partial charge in [-0.05, 0) is 43.5 Å². The zero-order valence-electron chi connectivity index (χ0n) is 16.6. The number of nitrogens with zero attached hydrogens (tertiary/aromatic N) is 2. The molecule has 1 unspecified atom stereocenters. The van der Waals surface area contributed by atoms with E-state index in [4.69, 9.17) is 9.47 Å². The third-order valence-electron chi connectivity index (χ3n) is 5.44. The van der Waals surface area contributed by atoms with Crippen molar-refractivity contribution in [1.29, 1.82) is 0 Å². The summed E-state index contributed by atoms with van der Waals surface area (Å²) in [5.41, 5.74) is 2.21. The normalized spacial score (nSPS) is 19.9. The van der Waals surface area contributed by atoms with Gasteiger partial charge in [-0.25, -0.2) is 9.37 Å². The van der Waals surface area contributed by atoms with E-state index in [2.05, 4.69) is 10.3 Å². The first-order valence-corrected chi connectivity index (χ1v) is 10.1. The molecule has 2 aromatic rings. The lowest BCUT2D eigenvalue weighted by molar-refractivity contribution is 0.0929. The number of carbonyl (C=O) groups excluding carboxylic acids is 1. The van der Waals surface area contributed by atoms with Gasteiger partial charge in [-0.2, -0.15) is 0 Å². The van der Waals surface area contributed by atoms with E-state index in [1.807, 2.05) is 17.9 Å². The van der Waals surface area contributed by atoms with Crippen LogP contribution in [0.3, 0.4) is 0 Å². The lowest BCUT2D eigenvalue weighted by atomic mass is 10.0. The maximum absolute atomic E-state index is 14.1. The molecule has 4 rings (SSSR count). The topological polar surface area (TPSA) is 63.7 Å². The van der Waals surface area contributed by atoms with Crippen LogP contribution in [0.15, 0.2) is 36.5 Å². The first-order chi connectivity index (χ1) is 14.1. The Hall–Kier alpha value is -2.67. The fourth-order valence-corrected chi connectivity index (χ4v) is 3.79. The highest BCUT2D eigenvalue weighted by Gasteiger charge is 2.24. The molecule has 1 aromatic heterocycles. The third-order valence-corrected chi connectivity index (χ3v) is 5.44. The summed E-state index contributed by atoms with van der Waals surface area (Å²) >= 11 is 0. The second kappa shape index (κ2) is 8.78. The SMILES string of the molecule is Cc1ccc(F)c(N2CCC(NC(=O)c3ccnc(OC4CCOC4)c3)CC2)c1. The number of rotatable bonds is 5. The summed E-state index contributed by atoms with van der Waals surface area (Å²) in [6.07, 6.45) is 3.95. The first-order valence-electron chi connectivity index (χ1n) is 10.1. The molecule has 2 aliphatic rings. The predicted octanol–water partition coefficient (Wildman–Crippen LogP) is 3.10. The number of piperidine rings is 1. The van der Waals surface area contributed by atoms with Crippen LogP contribution in [0.25, 0.3) is 0 Å². The minimum absolute atomic E-state index is 0.00726. The molecule has 0 spiro atoms. The molecule has 1 atom stereocenters. The van der Waals surface area contributed by atoms with Crippen molar-refractivity contribution in [2.24, 2.45) is 0 Å². The molecule has 0 bridgehead atoms. The largest absolute Gasteiger partial charge is 0.472 e. The average molecular weight is 399 g/mol. The van der Waals surface area contributed by atoms with Crippen LogP contribution in [-0.2, 0) is 4.74 Å². The van der Waals surface area contributed by atoms with E-state index in [1.165, 1.54) is 6.07 Å². The van der Waals surface area contributed by atoms with Crippen molar-refractivity contribution < 1.29 is 18.7 Å². The molecule has 1 amide bonds. The molecule has 3 heterocycles. The molecule has 29 heavy (non-hydrogen) atoms. The molecule has 7 heteroatoms. The van der Waals surface area contributed by atoms with Gasteiger partial charge in [0.1, 0.15) is 11.9 Å². The Morgan fingerprint density at radius 3 is 2.83 bits per heavy atom. The Kier molecular flexibility index (Phi) is 5.94. The zero-order valence-corrected chi connectivity index (χ0v) is 16.6. The van der Waals surface area contributed by atoms with E-state index in [0.717, 1.165) is 24.8 Å². The van der Waals surface area contributed by atoms with Gasteiger partial charge < -0.3 is 19.7 Å². The van der Waals surface area contributed by atoms with Gasteiger partial charge in [0.2, 0.25) is 5.88 Å². The fraction of sp³-hybridized carbons (Fsp3) is 0.455. The number of nitrogens with one attached hydrogen (secondary N) is 1. The Labute approximate surface area is 170 Å². The number of hydrogen-bond donors (Lipinski definition) is 1. The molecular weight excluding hydrogens is 373 g/mol. The summed E-state index contributed by atoms with van der Waals surface area (Å²) in [5.74, 6) is 0.105. The van der Waals surface area contributed by atoms with Gasteiger partial charge in [0.05, 0.1) is 18.9 Å². The molecular formula is C22H26FN3O3. The highest BCUT2D eigenvalue weighted by molar-refractivity contribution is 5.94. The van der Waals surface area contributed by atoms with Crippen molar-refractivity contribution in [1.82, 2.24) is 10.3 Å². The van der Waals surface area contributed by atoms with Crippen molar-refractivity contribution >= 4 is 11.6 Å². The summed E-state index contributed by atoms with van der Waals surface area (Å²) in [6.45, 7) is 4.62. The van der Waals surface area contributed by atoms with Crippen molar-refractivity contribution in [2.75, 3.05) is 31.2 Å². The van der Waals surface area contributed by atoms with Crippen molar-refractivity contribution in [3.8, 4) is 5.88 Å². The molecule has 1 aromatic carbocycles. The Morgan fingerprint density at radius 2 is 2.07 bits per heavy atom. The smallest absolute Gasteiger partial charge is 0.251 e. The second-order valence-electron chi connectivity index (χ2n) is 7.68. The summed E-state index contributed by atoms with van der Waals surface area (Å²) in [4.78, 5) is 18.9. The van der Waals surface area contributed by atoms with Gasteiger partial charge in [-0.15, -0.1) is 0 Å². The Morgan fingerprint density at radius 1 is 1.24 bits per heavy atom. The summed E-state index contributed by atoms with van der Waals surface area (Å²) in [7, 11) is 0. The standard InChI is InChI=1S/C22H26FN3O3/c1-15-2-3-19(23)20(12-15)26-9-5-17(6-10-26)25-22(27)16-4-8-24-21(13-16)29-18-7-11-28-14-18/h2-4,8,12-13,17-18H,5-7,9-11,14H2,1H3,(H,25,27). The lowest BCUT2D eigenvalue weighted by Gasteiger charge is -2.34. The third kappa shape index (κ3) is 4.85. The van der Waals surface area contributed by atoms with Gasteiger partial charge in [0.25, 0.3) is 5.91 Å². The summed E-state index contributed by atoms with van der Waals surface area (Å²) in [6, 6.07) is 8.59. The number of halogens is 1. The Bertz CT molecular complexity index is 862. The molecule has 0 radical (unpaired) electrons. The second-order valence-corrected chi connectivity index (χ2v) is 7.68. The molecule has 1 N–H and O–H groups in total. The fourth-order valence-electron chi connectivity index (χ4n) is 3.79. The van der Waals surface area contributed by atoms with Crippen molar-refractivity contribution in [2.45, 2.75) is 38.3 Å². The minimum atomic E-state index is -0.199. The van der Waals surface area contributed by atoms with Crippen LogP contribution in [0.5, 0.6) is 5.88 Å². The predicted molar refractivity (Wildman–Crippen MR) is 108 cm³/mol. The number of aryl methyl sites for hydroxylation is 1. The van der Waals surface area contributed by atoms with Crippen LogP contribution in [0.4, 0.5) is 10.1 Å². The van der Waals surface area contributed by atoms with Crippen molar-refractivity contribution in [3.05, 3.63) is 53.5 Å². The first kappa shape index (κ1) is 19.6. The van der Waals surface area contributed by atoms with E-state index >= 15 is 0 Å². The number of benzene rings is 1. The lowest BCUT2D eigenvalue weighted by Crippen LogP contribution is -2.45. The van der Waals surface area contributed by atoms with E-state index in [-0.39, 0.29) is 23.9 Å². The van der Waals surface area contributed by atoms with E-state index in [0.29, 0.717) is 43.4 Å². The van der Waals surface area contributed by atoms with Crippen LogP contribution in [0.2, 0.25) is 0 Å². The number of hydrogen-bond acceptors (Lipinski definition) is 5. The van der Waals surface area contributed by atoms with Gasteiger partial charge in [-0.3, -0.25) is 4.79 Å². The number of amides is 1. The number of carbonyl (C=O) groups is 1. The molecule has 6 nitrogen and oxygen atoms in total. The Balaban J connectivity index is 1.32. The van der Waals surface area contributed by atoms with E-state index in [1.54, 1.807) is 24.4 Å². The molecule has 0 aliphatic carbocycles. The minimum Gasteiger partial charge on any atom is -0.472 e. The summed E-state index contributed by atoms with van der Waals surface area (Å²) < 4.78 is 25.2. The molecule has 2 fully saturated rings. The number of ether oxygens (including phenoxy) is 2. The zero-order chi connectivity index (χ0) is 20.2. The van der Waals surface area contributed by atoms with Crippen LogP contribution in [0, 0.1) is 12.7 Å². The van der Waals surface area contributed by atoms with Gasteiger partial charge >= 0.3 is 0 Å². The molecule has 0 saturated carbocycles. The highest BCUT2D eigenvalue weighted by atomic mass is 19.1. The van der Waals surface area contributed by atoms with Crippen molar-refractivity contribution in [3.63, 3.8) is 0 Å². The monoisotopic (exact) mass is 399 g/mol. The number of anilines is 1.